The van der Waals surface area contributed by atoms with Gasteiger partial charge in [-0.05, 0) is 44.3 Å². The van der Waals surface area contributed by atoms with Gasteiger partial charge in [-0.15, -0.1) is 0 Å². The molecule has 0 amide bonds. The van der Waals surface area contributed by atoms with Gasteiger partial charge in [-0.1, -0.05) is 6.07 Å². The van der Waals surface area contributed by atoms with E-state index in [2.05, 4.69) is 22.2 Å². The Hall–Kier alpha value is -1.18. The first kappa shape index (κ1) is 18.2. The van der Waals surface area contributed by atoms with E-state index in [-0.39, 0.29) is 12.4 Å². The molecule has 0 radical (unpaired) electrons. The molecule has 1 aliphatic rings. The normalized spacial score (nSPS) is 18.2. The highest BCUT2D eigenvalue weighted by molar-refractivity contribution is 5.36. The van der Waals surface area contributed by atoms with Crippen LogP contribution in [0.1, 0.15) is 23.7 Å². The number of rotatable bonds is 8. The Balaban J connectivity index is 1.64. The number of likely N-dealkylation sites (N-methyl/N-ethyl adjacent to an activating group) is 1. The highest BCUT2D eigenvalue weighted by Gasteiger charge is 2.13. The lowest BCUT2D eigenvalue weighted by molar-refractivity contribution is 0.150. The van der Waals surface area contributed by atoms with E-state index in [1.807, 2.05) is 0 Å². The minimum Gasteiger partial charge on any atom is -0.508 e. The molecule has 1 heterocycles. The van der Waals surface area contributed by atoms with Gasteiger partial charge in [0.25, 0.3) is 0 Å². The SMILES string of the molecule is CN1CCN(CCCNCC(O)c2ccc(O)c(CO)c2)CC1. The zero-order valence-corrected chi connectivity index (χ0v) is 13.9. The summed E-state index contributed by atoms with van der Waals surface area (Å²) in [4.78, 5) is 4.83. The molecule has 0 saturated carbocycles. The molecule has 130 valence electrons. The van der Waals surface area contributed by atoms with E-state index in [1.54, 1.807) is 12.1 Å². The zero-order valence-electron chi connectivity index (χ0n) is 13.9. The second-order valence-corrected chi connectivity index (χ2v) is 6.26. The van der Waals surface area contributed by atoms with Gasteiger partial charge < -0.3 is 30.4 Å². The maximum atomic E-state index is 10.2. The Kier molecular flexibility index (Phi) is 7.26. The van der Waals surface area contributed by atoms with Crippen LogP contribution >= 0.6 is 0 Å². The predicted molar refractivity (Wildman–Crippen MR) is 90.4 cm³/mol. The van der Waals surface area contributed by atoms with Crippen molar-refractivity contribution in [1.82, 2.24) is 15.1 Å². The number of hydrogen-bond acceptors (Lipinski definition) is 6. The average molecular weight is 323 g/mol. The molecule has 0 aromatic heterocycles. The van der Waals surface area contributed by atoms with Crippen molar-refractivity contribution in [3.05, 3.63) is 29.3 Å². The molecule has 0 spiro atoms. The Bertz CT molecular complexity index is 476. The minimum atomic E-state index is -0.635. The van der Waals surface area contributed by atoms with E-state index < -0.39 is 6.10 Å². The molecule has 1 fully saturated rings. The number of aliphatic hydroxyl groups is 2. The fraction of sp³-hybridized carbons (Fsp3) is 0.647. The Morgan fingerprint density at radius 3 is 2.65 bits per heavy atom. The van der Waals surface area contributed by atoms with Gasteiger partial charge in [-0.25, -0.2) is 0 Å². The fourth-order valence-corrected chi connectivity index (χ4v) is 2.80. The number of aliphatic hydroxyl groups excluding tert-OH is 2. The third-order valence-electron chi connectivity index (χ3n) is 4.42. The van der Waals surface area contributed by atoms with Gasteiger partial charge in [-0.3, -0.25) is 0 Å². The van der Waals surface area contributed by atoms with Crippen LogP contribution < -0.4 is 5.32 Å². The van der Waals surface area contributed by atoms with Crippen LogP contribution in [0.2, 0.25) is 0 Å². The minimum absolute atomic E-state index is 0.0589. The van der Waals surface area contributed by atoms with Gasteiger partial charge in [0.15, 0.2) is 0 Å². The van der Waals surface area contributed by atoms with Crippen LogP contribution in [-0.2, 0) is 6.61 Å². The molecular formula is C17H29N3O3. The summed E-state index contributed by atoms with van der Waals surface area (Å²) in [5.41, 5.74) is 1.15. The zero-order chi connectivity index (χ0) is 16.7. The summed E-state index contributed by atoms with van der Waals surface area (Å²) >= 11 is 0. The van der Waals surface area contributed by atoms with Crippen LogP contribution in [0.5, 0.6) is 5.75 Å². The third kappa shape index (κ3) is 5.75. The lowest BCUT2D eigenvalue weighted by atomic mass is 10.1. The summed E-state index contributed by atoms with van der Waals surface area (Å²) in [6.07, 6.45) is 0.429. The number of aromatic hydroxyl groups is 1. The van der Waals surface area contributed by atoms with Crippen molar-refractivity contribution in [2.45, 2.75) is 19.1 Å². The largest absolute Gasteiger partial charge is 0.508 e. The summed E-state index contributed by atoms with van der Waals surface area (Å²) < 4.78 is 0. The monoisotopic (exact) mass is 323 g/mol. The summed E-state index contributed by atoms with van der Waals surface area (Å²) in [6, 6.07) is 4.84. The van der Waals surface area contributed by atoms with E-state index in [1.165, 1.54) is 6.07 Å². The number of benzene rings is 1. The molecule has 0 bridgehead atoms. The van der Waals surface area contributed by atoms with Crippen LogP contribution in [0.25, 0.3) is 0 Å². The Labute approximate surface area is 138 Å². The molecule has 0 aliphatic carbocycles. The first-order valence-electron chi connectivity index (χ1n) is 8.32. The van der Waals surface area contributed by atoms with Crippen molar-refractivity contribution >= 4 is 0 Å². The molecule has 23 heavy (non-hydrogen) atoms. The molecular weight excluding hydrogens is 294 g/mol. The van der Waals surface area contributed by atoms with Gasteiger partial charge in [0.2, 0.25) is 0 Å². The standard InChI is InChI=1S/C17H29N3O3/c1-19-7-9-20(10-8-19)6-2-5-18-12-17(23)14-3-4-16(22)15(11-14)13-21/h3-4,11,17-18,21-23H,2,5-10,12-13H2,1H3. The first-order chi connectivity index (χ1) is 11.1. The highest BCUT2D eigenvalue weighted by Crippen LogP contribution is 2.22. The summed E-state index contributed by atoms with van der Waals surface area (Å²) in [7, 11) is 2.16. The average Bonchev–Trinajstić information content (AvgIpc) is 2.56. The van der Waals surface area contributed by atoms with Crippen LogP contribution in [0.4, 0.5) is 0 Å². The molecule has 1 unspecified atom stereocenters. The lowest BCUT2D eigenvalue weighted by Gasteiger charge is -2.32. The molecule has 1 aliphatic heterocycles. The van der Waals surface area contributed by atoms with E-state index in [0.29, 0.717) is 17.7 Å². The van der Waals surface area contributed by atoms with E-state index in [0.717, 1.165) is 45.7 Å². The highest BCUT2D eigenvalue weighted by atomic mass is 16.3. The summed E-state index contributed by atoms with van der Waals surface area (Å²) in [5.74, 6) is 0.0589. The molecule has 4 N–H and O–H groups in total. The van der Waals surface area contributed by atoms with Crippen LogP contribution in [0.15, 0.2) is 18.2 Å². The van der Waals surface area contributed by atoms with Crippen LogP contribution in [0.3, 0.4) is 0 Å². The van der Waals surface area contributed by atoms with Gasteiger partial charge in [-0.2, -0.15) is 0 Å². The third-order valence-corrected chi connectivity index (χ3v) is 4.42. The van der Waals surface area contributed by atoms with E-state index in [4.69, 9.17) is 5.11 Å². The van der Waals surface area contributed by atoms with Crippen LogP contribution in [0, 0.1) is 0 Å². The molecule has 1 saturated heterocycles. The molecule has 1 atom stereocenters. The maximum absolute atomic E-state index is 10.2. The summed E-state index contributed by atoms with van der Waals surface area (Å²) in [6.45, 7) is 6.75. The van der Waals surface area contributed by atoms with E-state index >= 15 is 0 Å². The number of phenols is 1. The molecule has 1 aromatic carbocycles. The second-order valence-electron chi connectivity index (χ2n) is 6.26. The number of hydrogen-bond donors (Lipinski definition) is 4. The molecule has 1 aromatic rings. The smallest absolute Gasteiger partial charge is 0.121 e. The molecule has 6 heteroatoms. The van der Waals surface area contributed by atoms with Crippen molar-refractivity contribution in [2.75, 3.05) is 52.9 Å². The van der Waals surface area contributed by atoms with Crippen molar-refractivity contribution in [2.24, 2.45) is 0 Å². The molecule has 6 nitrogen and oxygen atoms in total. The Morgan fingerprint density at radius 2 is 1.96 bits per heavy atom. The first-order valence-corrected chi connectivity index (χ1v) is 8.32. The van der Waals surface area contributed by atoms with Crippen molar-refractivity contribution in [3.63, 3.8) is 0 Å². The quantitative estimate of drug-likeness (QED) is 0.510. The predicted octanol–water partition coefficient (Wildman–Crippen LogP) is 0.145. The number of piperazine rings is 1. The fourth-order valence-electron chi connectivity index (χ4n) is 2.80. The van der Waals surface area contributed by atoms with Crippen molar-refractivity contribution in [3.8, 4) is 5.75 Å². The lowest BCUT2D eigenvalue weighted by Crippen LogP contribution is -2.45. The Morgan fingerprint density at radius 1 is 1.22 bits per heavy atom. The number of nitrogens with zero attached hydrogens (tertiary/aromatic N) is 2. The van der Waals surface area contributed by atoms with Crippen LogP contribution in [-0.4, -0.2) is 78.0 Å². The number of nitrogens with one attached hydrogen (secondary N) is 1. The van der Waals surface area contributed by atoms with Crippen molar-refractivity contribution < 1.29 is 15.3 Å². The van der Waals surface area contributed by atoms with Gasteiger partial charge in [0, 0.05) is 38.3 Å². The topological polar surface area (TPSA) is 79.2 Å². The van der Waals surface area contributed by atoms with Gasteiger partial charge in [0.05, 0.1) is 12.7 Å². The van der Waals surface area contributed by atoms with E-state index in [9.17, 15) is 10.2 Å². The maximum Gasteiger partial charge on any atom is 0.121 e. The van der Waals surface area contributed by atoms with Gasteiger partial charge in [0.1, 0.15) is 5.75 Å². The second kappa shape index (κ2) is 9.20. The molecule has 2 rings (SSSR count). The van der Waals surface area contributed by atoms with Gasteiger partial charge >= 0.3 is 0 Å². The van der Waals surface area contributed by atoms with Crippen molar-refractivity contribution in [1.29, 1.82) is 0 Å². The summed E-state index contributed by atoms with van der Waals surface area (Å²) in [5, 5.41) is 32.1.